The number of hydrogen-bond acceptors (Lipinski definition) is 2. The van der Waals surface area contributed by atoms with Crippen LogP contribution < -0.4 is 0 Å². The molecule has 0 saturated carbocycles. The summed E-state index contributed by atoms with van der Waals surface area (Å²) in [5.41, 5.74) is 0. The highest BCUT2D eigenvalue weighted by Crippen LogP contribution is 2.07. The first kappa shape index (κ1) is 16.7. The molecule has 0 aliphatic carbocycles. The summed E-state index contributed by atoms with van der Waals surface area (Å²) in [6.07, 6.45) is 4.57. The molecule has 16 heavy (non-hydrogen) atoms. The second-order valence-corrected chi connectivity index (χ2v) is 7.37. The first-order valence-corrected chi connectivity index (χ1v) is 9.08. The molecule has 4 heteroatoms. The maximum absolute atomic E-state index is 6.01. The van der Waals surface area contributed by atoms with Crippen molar-refractivity contribution >= 4 is 23.9 Å². The van der Waals surface area contributed by atoms with Gasteiger partial charge in [-0.1, -0.05) is 27.7 Å². The van der Waals surface area contributed by atoms with Crippen LogP contribution in [0.15, 0.2) is 0 Å². The molecular formula is C12H26AlClO2. The minimum atomic E-state index is -1.86. The Morgan fingerprint density at radius 1 is 0.875 bits per heavy atom. The highest BCUT2D eigenvalue weighted by Gasteiger charge is 2.22. The van der Waals surface area contributed by atoms with Crippen molar-refractivity contribution in [1.29, 1.82) is 0 Å². The Balaban J connectivity index is 3.21. The predicted molar refractivity (Wildman–Crippen MR) is 71.7 cm³/mol. The maximum atomic E-state index is 6.01. The first-order valence-electron chi connectivity index (χ1n) is 6.39. The molecular weight excluding hydrogens is 239 g/mol. The molecule has 0 amide bonds. The zero-order chi connectivity index (χ0) is 12.4. The summed E-state index contributed by atoms with van der Waals surface area (Å²) < 4.78 is 11.0. The number of rotatable bonds is 10. The predicted octanol–water partition coefficient (Wildman–Crippen LogP) is 4.12. The van der Waals surface area contributed by atoms with Crippen LogP contribution in [0.25, 0.3) is 0 Å². The fourth-order valence-corrected chi connectivity index (χ4v) is 2.72. The second-order valence-electron chi connectivity index (χ2n) is 5.09. The first-order chi connectivity index (χ1) is 7.52. The van der Waals surface area contributed by atoms with Gasteiger partial charge in [0.2, 0.25) is 0 Å². The largest absolute Gasteiger partial charge is 0.813 e. The van der Waals surface area contributed by atoms with Crippen LogP contribution in [0.3, 0.4) is 0 Å². The van der Waals surface area contributed by atoms with Crippen LogP contribution in [-0.2, 0) is 7.58 Å². The van der Waals surface area contributed by atoms with E-state index in [1.807, 2.05) is 0 Å². The van der Waals surface area contributed by atoms with Crippen molar-refractivity contribution in [2.24, 2.45) is 11.8 Å². The monoisotopic (exact) mass is 264 g/mol. The van der Waals surface area contributed by atoms with Crippen molar-refractivity contribution in [2.45, 2.75) is 53.4 Å². The van der Waals surface area contributed by atoms with Gasteiger partial charge in [-0.25, -0.2) is 0 Å². The van der Waals surface area contributed by atoms with Gasteiger partial charge in [0.05, 0.1) is 0 Å². The molecule has 0 aliphatic heterocycles. The van der Waals surface area contributed by atoms with E-state index in [2.05, 4.69) is 27.7 Å². The average molecular weight is 265 g/mol. The van der Waals surface area contributed by atoms with Gasteiger partial charge in [-0.3, -0.25) is 0 Å². The van der Waals surface area contributed by atoms with Crippen molar-refractivity contribution in [3.63, 3.8) is 0 Å². The third kappa shape index (κ3) is 12.8. The van der Waals surface area contributed by atoms with E-state index in [4.69, 9.17) is 17.6 Å². The van der Waals surface area contributed by atoms with Crippen LogP contribution in [0.1, 0.15) is 53.4 Å². The molecule has 0 N–H and O–H groups in total. The van der Waals surface area contributed by atoms with Gasteiger partial charge in [0, 0.05) is 13.2 Å². The summed E-state index contributed by atoms with van der Waals surface area (Å²) in [5.74, 6) is 1.48. The number of halogens is 1. The Morgan fingerprint density at radius 2 is 1.25 bits per heavy atom. The SMILES string of the molecule is CC(C)CCC[O][Al]([Cl])[O]CCCC(C)C. The summed E-state index contributed by atoms with van der Waals surface area (Å²) in [6, 6.07) is 0. The van der Waals surface area contributed by atoms with Gasteiger partial charge in [0.25, 0.3) is 0 Å². The molecule has 0 rings (SSSR count). The summed E-state index contributed by atoms with van der Waals surface area (Å²) >= 11 is -1.86. The summed E-state index contributed by atoms with van der Waals surface area (Å²) in [4.78, 5) is 0. The molecule has 96 valence electrons. The van der Waals surface area contributed by atoms with Crippen LogP contribution >= 0.6 is 10.0 Å². The van der Waals surface area contributed by atoms with Crippen molar-refractivity contribution in [3.8, 4) is 0 Å². The molecule has 2 nitrogen and oxygen atoms in total. The van der Waals surface area contributed by atoms with Crippen molar-refractivity contribution < 1.29 is 7.58 Å². The standard InChI is InChI=1S/2C6H13O.Al.ClH/c2*1-6(2)4-3-5-7;;/h2*6H,3-5H2,1-2H3;;1H/q2*-1;+3;/p-1. The minimum Gasteiger partial charge on any atom is -0.466 e. The quantitative estimate of drug-likeness (QED) is 0.437. The molecule has 0 spiro atoms. The van der Waals surface area contributed by atoms with E-state index in [1.165, 1.54) is 12.8 Å². The lowest BCUT2D eigenvalue weighted by molar-refractivity contribution is 0.201. The van der Waals surface area contributed by atoms with Crippen LogP contribution in [0.5, 0.6) is 0 Å². The molecule has 0 atom stereocenters. The average Bonchev–Trinajstić information content (AvgIpc) is 2.19. The van der Waals surface area contributed by atoms with Gasteiger partial charge in [-0.15, -0.1) is 0 Å². The lowest BCUT2D eigenvalue weighted by atomic mass is 10.1. The highest BCUT2D eigenvalue weighted by molar-refractivity contribution is 6.99. The van der Waals surface area contributed by atoms with E-state index in [0.29, 0.717) is 0 Å². The third-order valence-electron chi connectivity index (χ3n) is 2.35. The van der Waals surface area contributed by atoms with Crippen LogP contribution in [0, 0.1) is 11.8 Å². The van der Waals surface area contributed by atoms with Crippen molar-refractivity contribution in [1.82, 2.24) is 0 Å². The highest BCUT2D eigenvalue weighted by atomic mass is 35.6. The number of hydrogen-bond donors (Lipinski definition) is 0. The van der Waals surface area contributed by atoms with E-state index in [9.17, 15) is 0 Å². The topological polar surface area (TPSA) is 18.5 Å². The molecule has 0 saturated heterocycles. The fourth-order valence-electron chi connectivity index (χ4n) is 1.38. The molecule has 0 fully saturated rings. The van der Waals surface area contributed by atoms with Crippen LogP contribution in [0.4, 0.5) is 0 Å². The van der Waals surface area contributed by atoms with Crippen LogP contribution in [-0.4, -0.2) is 27.1 Å². The Labute approximate surface area is 110 Å². The summed E-state index contributed by atoms with van der Waals surface area (Å²) in [6.45, 7) is 10.4. The maximum Gasteiger partial charge on any atom is 0.813 e. The fraction of sp³-hybridized carbons (Fsp3) is 1.00. The van der Waals surface area contributed by atoms with Crippen molar-refractivity contribution in [3.05, 3.63) is 0 Å². The molecule has 0 radical (unpaired) electrons. The zero-order valence-corrected chi connectivity index (χ0v) is 13.1. The normalized spacial score (nSPS) is 11.4. The van der Waals surface area contributed by atoms with Gasteiger partial charge < -0.3 is 7.58 Å². The Kier molecular flexibility index (Phi) is 11.4. The Bertz CT molecular complexity index is 138. The van der Waals surface area contributed by atoms with Gasteiger partial charge >= 0.3 is 13.9 Å². The summed E-state index contributed by atoms with van der Waals surface area (Å²) in [5, 5.41) is 0. The lowest BCUT2D eigenvalue weighted by Gasteiger charge is -2.10. The van der Waals surface area contributed by atoms with Gasteiger partial charge in [0.15, 0.2) is 0 Å². The van der Waals surface area contributed by atoms with E-state index >= 15 is 0 Å². The smallest absolute Gasteiger partial charge is 0.466 e. The van der Waals surface area contributed by atoms with Gasteiger partial charge in [0.1, 0.15) is 0 Å². The Morgan fingerprint density at radius 3 is 1.56 bits per heavy atom. The molecule has 0 aliphatic rings. The van der Waals surface area contributed by atoms with Gasteiger partial charge in [-0.2, -0.15) is 10.0 Å². The van der Waals surface area contributed by atoms with Gasteiger partial charge in [-0.05, 0) is 37.5 Å². The van der Waals surface area contributed by atoms with Crippen LogP contribution in [0.2, 0.25) is 0 Å². The molecule has 0 aromatic rings. The zero-order valence-electron chi connectivity index (χ0n) is 11.2. The molecule has 0 bridgehead atoms. The molecule has 0 heterocycles. The minimum absolute atomic E-state index is 0.742. The lowest BCUT2D eigenvalue weighted by Crippen LogP contribution is -2.18. The van der Waals surface area contributed by atoms with E-state index in [1.54, 1.807) is 0 Å². The molecule has 0 unspecified atom stereocenters. The Hall–Kier alpha value is 0.742. The van der Waals surface area contributed by atoms with Crippen molar-refractivity contribution in [2.75, 3.05) is 13.2 Å². The van der Waals surface area contributed by atoms with E-state index in [0.717, 1.165) is 37.9 Å². The van der Waals surface area contributed by atoms with E-state index < -0.39 is 13.9 Å². The molecule has 0 aromatic heterocycles. The summed E-state index contributed by atoms with van der Waals surface area (Å²) in [7, 11) is 6.01. The van der Waals surface area contributed by atoms with E-state index in [-0.39, 0.29) is 0 Å². The second kappa shape index (κ2) is 10.9. The molecule has 0 aromatic carbocycles. The third-order valence-corrected chi connectivity index (χ3v) is 4.10.